The summed E-state index contributed by atoms with van der Waals surface area (Å²) in [6, 6.07) is -0.981. The van der Waals surface area contributed by atoms with E-state index >= 15 is 0 Å². The molecule has 142 valence electrons. The van der Waals surface area contributed by atoms with Crippen molar-refractivity contribution < 1.29 is 18.0 Å². The van der Waals surface area contributed by atoms with Gasteiger partial charge in [0.1, 0.15) is 11.5 Å². The number of anilines is 1. The van der Waals surface area contributed by atoms with Gasteiger partial charge in [-0.15, -0.1) is 0 Å². The lowest BCUT2D eigenvalue weighted by atomic mass is 9.88. The van der Waals surface area contributed by atoms with E-state index in [2.05, 4.69) is 25.5 Å². The van der Waals surface area contributed by atoms with Gasteiger partial charge in [-0.25, -0.2) is 9.97 Å². The average molecular weight is 369 g/mol. The van der Waals surface area contributed by atoms with Crippen molar-refractivity contribution in [1.82, 2.24) is 20.6 Å². The zero-order valence-corrected chi connectivity index (χ0v) is 14.3. The second-order valence-electron chi connectivity index (χ2n) is 6.52. The molecule has 1 aliphatic heterocycles. The molecule has 1 aliphatic carbocycles. The van der Waals surface area contributed by atoms with Crippen molar-refractivity contribution in [2.24, 2.45) is 5.92 Å². The molecular formula is C17H22F3N5O. The minimum absolute atomic E-state index is 0.0252. The third-order valence-electron chi connectivity index (χ3n) is 4.70. The summed E-state index contributed by atoms with van der Waals surface area (Å²) in [6.07, 6.45) is 2.66. The number of carbonyl (C=O) groups excluding carboxylic acids is 1. The van der Waals surface area contributed by atoms with Crippen LogP contribution in [0.3, 0.4) is 0 Å². The molecule has 6 nitrogen and oxygen atoms in total. The molecule has 1 aromatic rings. The summed E-state index contributed by atoms with van der Waals surface area (Å²) < 4.78 is 39.3. The fourth-order valence-electron chi connectivity index (χ4n) is 3.25. The molecule has 1 saturated heterocycles. The maximum absolute atomic E-state index is 13.1. The van der Waals surface area contributed by atoms with Gasteiger partial charge in [0.15, 0.2) is 0 Å². The molecule has 26 heavy (non-hydrogen) atoms. The molecule has 0 saturated carbocycles. The lowest BCUT2D eigenvalue weighted by Crippen LogP contribution is -2.47. The van der Waals surface area contributed by atoms with Crippen LogP contribution in [-0.4, -0.2) is 54.3 Å². The molecule has 0 aromatic carbocycles. The van der Waals surface area contributed by atoms with Crippen molar-refractivity contribution in [3.8, 4) is 0 Å². The number of hydrogen-bond acceptors (Lipinski definition) is 5. The number of allylic oxidation sites excluding steroid dienone is 1. The van der Waals surface area contributed by atoms with Gasteiger partial charge < -0.3 is 15.5 Å². The number of nitrogens with one attached hydrogen (secondary N) is 2. The second kappa shape index (κ2) is 8.03. The van der Waals surface area contributed by atoms with Crippen LogP contribution in [0.25, 0.3) is 0 Å². The zero-order valence-electron chi connectivity index (χ0n) is 14.3. The van der Waals surface area contributed by atoms with Gasteiger partial charge in [-0.05, 0) is 25.8 Å². The fraction of sp³-hybridized carbons (Fsp3) is 0.588. The smallest absolute Gasteiger partial charge is 0.354 e. The van der Waals surface area contributed by atoms with Gasteiger partial charge in [-0.1, -0.05) is 12.2 Å². The molecule has 2 aliphatic rings. The number of rotatable bonds is 3. The lowest BCUT2D eigenvalue weighted by Gasteiger charge is -2.30. The first kappa shape index (κ1) is 18.6. The van der Waals surface area contributed by atoms with Crippen LogP contribution in [0.4, 0.5) is 19.0 Å². The zero-order chi connectivity index (χ0) is 18.6. The van der Waals surface area contributed by atoms with E-state index in [9.17, 15) is 18.0 Å². The van der Waals surface area contributed by atoms with E-state index in [1.807, 2.05) is 0 Å². The Hall–Kier alpha value is -2.16. The molecule has 2 atom stereocenters. The Balaban J connectivity index is 1.65. The van der Waals surface area contributed by atoms with Crippen molar-refractivity contribution in [3.05, 3.63) is 30.2 Å². The average Bonchev–Trinajstić information content (AvgIpc) is 2.91. The molecule has 1 aromatic heterocycles. The van der Waals surface area contributed by atoms with Crippen LogP contribution in [-0.2, 0) is 0 Å². The molecule has 0 radical (unpaired) electrons. The largest absolute Gasteiger partial charge is 0.394 e. The first-order valence-electron chi connectivity index (χ1n) is 8.75. The van der Waals surface area contributed by atoms with E-state index in [1.165, 1.54) is 18.5 Å². The van der Waals surface area contributed by atoms with Crippen LogP contribution in [0, 0.1) is 5.92 Å². The van der Waals surface area contributed by atoms with Gasteiger partial charge in [0.05, 0.1) is 18.3 Å². The Morgan fingerprint density at radius 1 is 1.15 bits per heavy atom. The van der Waals surface area contributed by atoms with Gasteiger partial charge in [-0.2, -0.15) is 13.2 Å². The third-order valence-corrected chi connectivity index (χ3v) is 4.70. The monoisotopic (exact) mass is 369 g/mol. The van der Waals surface area contributed by atoms with Gasteiger partial charge in [0.25, 0.3) is 5.91 Å². The highest BCUT2D eigenvalue weighted by Gasteiger charge is 2.45. The van der Waals surface area contributed by atoms with E-state index in [0.29, 0.717) is 5.82 Å². The Bertz CT molecular complexity index is 639. The predicted molar refractivity (Wildman–Crippen MR) is 90.9 cm³/mol. The Morgan fingerprint density at radius 2 is 1.96 bits per heavy atom. The number of carbonyl (C=O) groups is 1. The Labute approximate surface area is 149 Å². The number of halogens is 3. The van der Waals surface area contributed by atoms with Crippen molar-refractivity contribution in [2.75, 3.05) is 31.1 Å². The van der Waals surface area contributed by atoms with Gasteiger partial charge in [-0.3, -0.25) is 4.79 Å². The minimum Gasteiger partial charge on any atom is -0.354 e. The quantitative estimate of drug-likeness (QED) is 0.797. The molecule has 2 heterocycles. The van der Waals surface area contributed by atoms with Crippen molar-refractivity contribution in [3.63, 3.8) is 0 Å². The SMILES string of the molecule is O=C(N[C@@H]1CC=CC[C@H]1C(F)(F)F)c1cnc(N2CCCNCC2)cn1. The molecule has 0 unspecified atom stereocenters. The molecule has 1 fully saturated rings. The van der Waals surface area contributed by atoms with Gasteiger partial charge in [0.2, 0.25) is 0 Å². The van der Waals surface area contributed by atoms with Crippen LogP contribution in [0.2, 0.25) is 0 Å². The maximum atomic E-state index is 13.1. The fourth-order valence-corrected chi connectivity index (χ4v) is 3.25. The highest BCUT2D eigenvalue weighted by atomic mass is 19.4. The highest BCUT2D eigenvalue weighted by Crippen LogP contribution is 2.35. The van der Waals surface area contributed by atoms with Crippen molar-refractivity contribution in [2.45, 2.75) is 31.5 Å². The second-order valence-corrected chi connectivity index (χ2v) is 6.52. The standard InChI is InChI=1S/C17H22F3N5O/c18-17(19,20)12-4-1-2-5-13(12)24-16(26)14-10-23-15(11-22-14)25-8-3-6-21-7-9-25/h1-2,10-13,21H,3-9H2,(H,24,26)/t12-,13-/m1/s1. The summed E-state index contributed by atoms with van der Waals surface area (Å²) >= 11 is 0. The van der Waals surface area contributed by atoms with E-state index in [4.69, 9.17) is 0 Å². The number of amides is 1. The molecule has 1 amide bonds. The molecule has 3 rings (SSSR count). The van der Waals surface area contributed by atoms with Gasteiger partial charge >= 0.3 is 6.18 Å². The summed E-state index contributed by atoms with van der Waals surface area (Å²) in [5, 5.41) is 5.75. The summed E-state index contributed by atoms with van der Waals surface area (Å²) in [6.45, 7) is 3.43. The molecular weight excluding hydrogens is 347 g/mol. The maximum Gasteiger partial charge on any atom is 0.394 e. The lowest BCUT2D eigenvalue weighted by molar-refractivity contribution is -0.181. The Kier molecular flexibility index (Phi) is 5.75. The molecule has 9 heteroatoms. The van der Waals surface area contributed by atoms with Crippen LogP contribution in [0.5, 0.6) is 0 Å². The third kappa shape index (κ3) is 4.51. The van der Waals surface area contributed by atoms with E-state index in [0.717, 1.165) is 32.6 Å². The minimum atomic E-state index is -4.35. The molecule has 2 N–H and O–H groups in total. The summed E-state index contributed by atoms with van der Waals surface area (Å²) in [5.41, 5.74) is 0.0252. The number of hydrogen-bond donors (Lipinski definition) is 2. The first-order chi connectivity index (χ1) is 12.4. The molecule has 0 spiro atoms. The van der Waals surface area contributed by atoms with Crippen LogP contribution in [0.1, 0.15) is 29.8 Å². The number of nitrogens with zero attached hydrogens (tertiary/aromatic N) is 3. The van der Waals surface area contributed by atoms with E-state index in [1.54, 1.807) is 6.08 Å². The summed E-state index contributed by atoms with van der Waals surface area (Å²) in [4.78, 5) is 22.7. The van der Waals surface area contributed by atoms with E-state index < -0.39 is 24.0 Å². The van der Waals surface area contributed by atoms with E-state index in [-0.39, 0.29) is 18.5 Å². The van der Waals surface area contributed by atoms with Crippen molar-refractivity contribution >= 4 is 11.7 Å². The summed E-state index contributed by atoms with van der Waals surface area (Å²) in [7, 11) is 0. The topological polar surface area (TPSA) is 70.2 Å². The van der Waals surface area contributed by atoms with Crippen LogP contribution >= 0.6 is 0 Å². The normalized spacial score (nSPS) is 24.2. The summed E-state index contributed by atoms with van der Waals surface area (Å²) in [5.74, 6) is -1.54. The van der Waals surface area contributed by atoms with Crippen molar-refractivity contribution in [1.29, 1.82) is 0 Å². The van der Waals surface area contributed by atoms with Gasteiger partial charge in [0, 0.05) is 25.7 Å². The highest BCUT2D eigenvalue weighted by molar-refractivity contribution is 5.92. The van der Waals surface area contributed by atoms with Crippen LogP contribution < -0.4 is 15.5 Å². The molecule has 0 bridgehead atoms. The number of aromatic nitrogens is 2. The predicted octanol–water partition coefficient (Wildman–Crippen LogP) is 1.90. The van der Waals surface area contributed by atoms with Crippen LogP contribution in [0.15, 0.2) is 24.5 Å². The number of alkyl halides is 3. The Morgan fingerprint density at radius 3 is 2.69 bits per heavy atom. The first-order valence-corrected chi connectivity index (χ1v) is 8.75.